The van der Waals surface area contributed by atoms with Gasteiger partial charge in [0.2, 0.25) is 0 Å². The average molecular weight is 222 g/mol. The van der Waals surface area contributed by atoms with Crippen molar-refractivity contribution in [1.29, 1.82) is 0 Å². The van der Waals surface area contributed by atoms with Crippen LogP contribution in [0.1, 0.15) is 58.1 Å². The van der Waals surface area contributed by atoms with Crippen molar-refractivity contribution in [2.24, 2.45) is 11.7 Å². The van der Waals surface area contributed by atoms with Gasteiger partial charge in [0.05, 0.1) is 0 Å². The van der Waals surface area contributed by atoms with Gasteiger partial charge in [-0.3, -0.25) is 0 Å². The van der Waals surface area contributed by atoms with Gasteiger partial charge in [0, 0.05) is 25.0 Å². The van der Waals surface area contributed by atoms with Gasteiger partial charge < -0.3 is 10.3 Å². The number of rotatable bonds is 7. The third kappa shape index (κ3) is 4.01. The Hall–Kier alpha value is -0.760. The van der Waals surface area contributed by atoms with Crippen LogP contribution in [0.25, 0.3) is 0 Å². The quantitative estimate of drug-likeness (QED) is 0.749. The maximum absolute atomic E-state index is 5.86. The molecule has 1 rings (SSSR count). The van der Waals surface area contributed by atoms with E-state index in [9.17, 15) is 0 Å². The molecule has 0 aliphatic carbocycles. The lowest BCUT2D eigenvalue weighted by Crippen LogP contribution is -2.09. The second-order valence-corrected chi connectivity index (χ2v) is 4.85. The lowest BCUT2D eigenvalue weighted by Gasteiger charge is -2.15. The molecular weight excluding hydrogens is 196 g/mol. The van der Waals surface area contributed by atoms with Crippen molar-refractivity contribution >= 4 is 0 Å². The number of hydrogen-bond acceptors (Lipinski definition) is 1. The van der Waals surface area contributed by atoms with Crippen LogP contribution < -0.4 is 5.73 Å². The SMILES string of the molecule is CCCCC(CC)Cn1ccc(C(C)N)c1. The third-order valence-corrected chi connectivity index (χ3v) is 3.31. The second kappa shape index (κ2) is 6.74. The van der Waals surface area contributed by atoms with Crippen molar-refractivity contribution in [3.05, 3.63) is 24.0 Å². The standard InChI is InChI=1S/C14H26N2/c1-4-6-7-13(5-2)10-16-9-8-14(11-16)12(3)15/h8-9,11-13H,4-7,10,15H2,1-3H3. The lowest BCUT2D eigenvalue weighted by molar-refractivity contribution is 0.391. The van der Waals surface area contributed by atoms with Crippen LogP contribution in [0.5, 0.6) is 0 Å². The van der Waals surface area contributed by atoms with Gasteiger partial charge in [0.25, 0.3) is 0 Å². The summed E-state index contributed by atoms with van der Waals surface area (Å²) in [5.41, 5.74) is 7.10. The summed E-state index contributed by atoms with van der Waals surface area (Å²) in [6, 6.07) is 2.29. The Balaban J connectivity index is 2.49. The normalized spacial score (nSPS) is 15.0. The summed E-state index contributed by atoms with van der Waals surface area (Å²) in [7, 11) is 0. The first-order valence-electron chi connectivity index (χ1n) is 6.58. The minimum Gasteiger partial charge on any atom is -0.354 e. The molecule has 0 saturated carbocycles. The molecule has 0 spiro atoms. The van der Waals surface area contributed by atoms with Gasteiger partial charge in [0.1, 0.15) is 0 Å². The number of hydrogen-bond donors (Lipinski definition) is 1. The van der Waals surface area contributed by atoms with Gasteiger partial charge in [-0.05, 0) is 30.9 Å². The van der Waals surface area contributed by atoms with Crippen LogP contribution in [0.4, 0.5) is 0 Å². The largest absolute Gasteiger partial charge is 0.354 e. The highest BCUT2D eigenvalue weighted by Gasteiger charge is 2.08. The van der Waals surface area contributed by atoms with Crippen LogP contribution >= 0.6 is 0 Å². The Labute approximate surface area is 99.8 Å². The zero-order chi connectivity index (χ0) is 12.0. The molecule has 92 valence electrons. The zero-order valence-electron chi connectivity index (χ0n) is 10.9. The highest BCUT2D eigenvalue weighted by Crippen LogP contribution is 2.17. The van der Waals surface area contributed by atoms with Gasteiger partial charge in [-0.2, -0.15) is 0 Å². The first kappa shape index (κ1) is 13.3. The van der Waals surface area contributed by atoms with Crippen LogP contribution in [0.15, 0.2) is 18.5 Å². The van der Waals surface area contributed by atoms with Crippen LogP contribution in [0.2, 0.25) is 0 Å². The predicted octanol–water partition coefficient (Wildman–Crippen LogP) is 3.72. The van der Waals surface area contributed by atoms with Gasteiger partial charge in [0.15, 0.2) is 0 Å². The molecule has 1 aromatic heterocycles. The summed E-state index contributed by atoms with van der Waals surface area (Å²) in [5.74, 6) is 0.813. The summed E-state index contributed by atoms with van der Waals surface area (Å²) in [5, 5.41) is 0. The van der Waals surface area contributed by atoms with Crippen molar-refractivity contribution in [2.45, 2.75) is 59.0 Å². The molecule has 2 nitrogen and oxygen atoms in total. The molecule has 2 heteroatoms. The molecule has 1 aromatic rings. The fourth-order valence-electron chi connectivity index (χ4n) is 2.06. The summed E-state index contributed by atoms with van der Waals surface area (Å²) in [6.07, 6.45) is 9.62. The van der Waals surface area contributed by atoms with Gasteiger partial charge in [-0.1, -0.05) is 33.1 Å². The average Bonchev–Trinajstić information content (AvgIpc) is 2.72. The fourth-order valence-corrected chi connectivity index (χ4v) is 2.06. The lowest BCUT2D eigenvalue weighted by atomic mass is 9.99. The monoisotopic (exact) mass is 222 g/mol. The molecule has 16 heavy (non-hydrogen) atoms. The van der Waals surface area contributed by atoms with Crippen molar-refractivity contribution in [3.63, 3.8) is 0 Å². The minimum absolute atomic E-state index is 0.150. The molecule has 2 N–H and O–H groups in total. The van der Waals surface area contributed by atoms with E-state index in [2.05, 4.69) is 36.9 Å². The summed E-state index contributed by atoms with van der Waals surface area (Å²) < 4.78 is 2.29. The van der Waals surface area contributed by atoms with Crippen molar-refractivity contribution in [2.75, 3.05) is 0 Å². The third-order valence-electron chi connectivity index (χ3n) is 3.31. The van der Waals surface area contributed by atoms with E-state index in [1.54, 1.807) is 0 Å². The first-order valence-corrected chi connectivity index (χ1v) is 6.58. The van der Waals surface area contributed by atoms with Gasteiger partial charge in [-0.15, -0.1) is 0 Å². The van der Waals surface area contributed by atoms with E-state index >= 15 is 0 Å². The molecule has 0 amide bonds. The van der Waals surface area contributed by atoms with E-state index in [0.717, 1.165) is 12.5 Å². The second-order valence-electron chi connectivity index (χ2n) is 4.85. The highest BCUT2D eigenvalue weighted by atomic mass is 14.9. The van der Waals surface area contributed by atoms with E-state index in [4.69, 9.17) is 5.73 Å². The molecule has 0 aliphatic rings. The zero-order valence-corrected chi connectivity index (χ0v) is 10.9. The smallest absolute Gasteiger partial charge is 0.0281 e. The predicted molar refractivity (Wildman–Crippen MR) is 70.3 cm³/mol. The number of nitrogens with two attached hydrogens (primary N) is 1. The highest BCUT2D eigenvalue weighted by molar-refractivity contribution is 5.13. The molecule has 1 heterocycles. The molecule has 0 aromatic carbocycles. The molecular formula is C14H26N2. The van der Waals surface area contributed by atoms with Crippen LogP contribution in [-0.4, -0.2) is 4.57 Å². The molecule has 0 radical (unpaired) electrons. The van der Waals surface area contributed by atoms with Crippen molar-refractivity contribution in [1.82, 2.24) is 4.57 Å². The number of aromatic nitrogens is 1. The van der Waals surface area contributed by atoms with Crippen molar-refractivity contribution < 1.29 is 0 Å². The Bertz CT molecular complexity index is 289. The fraction of sp³-hybridized carbons (Fsp3) is 0.714. The Kier molecular flexibility index (Phi) is 5.61. The number of unbranched alkanes of at least 4 members (excludes halogenated alkanes) is 1. The van der Waals surface area contributed by atoms with E-state index < -0.39 is 0 Å². The maximum Gasteiger partial charge on any atom is 0.0281 e. The van der Waals surface area contributed by atoms with Crippen molar-refractivity contribution in [3.8, 4) is 0 Å². The molecule has 0 saturated heterocycles. The maximum atomic E-state index is 5.86. The van der Waals surface area contributed by atoms with Gasteiger partial charge >= 0.3 is 0 Å². The molecule has 2 atom stereocenters. The Morgan fingerprint density at radius 3 is 2.62 bits per heavy atom. The van der Waals surface area contributed by atoms with E-state index in [0.29, 0.717) is 0 Å². The minimum atomic E-state index is 0.150. The molecule has 0 bridgehead atoms. The van der Waals surface area contributed by atoms with Crippen LogP contribution in [0, 0.1) is 5.92 Å². The van der Waals surface area contributed by atoms with Crippen LogP contribution in [-0.2, 0) is 6.54 Å². The first-order chi connectivity index (χ1) is 7.67. The Morgan fingerprint density at radius 1 is 1.38 bits per heavy atom. The van der Waals surface area contributed by atoms with Gasteiger partial charge in [-0.25, -0.2) is 0 Å². The summed E-state index contributed by atoms with van der Waals surface area (Å²) in [4.78, 5) is 0. The van der Waals surface area contributed by atoms with E-state index in [1.165, 1.54) is 31.2 Å². The molecule has 0 fully saturated rings. The number of nitrogens with zero attached hydrogens (tertiary/aromatic N) is 1. The van der Waals surface area contributed by atoms with E-state index in [-0.39, 0.29) is 6.04 Å². The summed E-state index contributed by atoms with van der Waals surface area (Å²) in [6.45, 7) is 7.73. The summed E-state index contributed by atoms with van der Waals surface area (Å²) >= 11 is 0. The molecule has 0 aliphatic heterocycles. The van der Waals surface area contributed by atoms with E-state index in [1.807, 2.05) is 6.92 Å². The van der Waals surface area contributed by atoms with Crippen LogP contribution in [0.3, 0.4) is 0 Å². The molecule has 2 unspecified atom stereocenters. The topological polar surface area (TPSA) is 30.9 Å². The Morgan fingerprint density at radius 2 is 2.12 bits per heavy atom.